The second-order valence-corrected chi connectivity index (χ2v) is 12.0. The van der Waals surface area contributed by atoms with Crippen LogP contribution in [0.1, 0.15) is 45.2 Å². The number of hydrogen-bond donors (Lipinski definition) is 1. The predicted octanol–water partition coefficient (Wildman–Crippen LogP) is 7.73. The molecule has 0 spiro atoms. The van der Waals surface area contributed by atoms with Crippen LogP contribution in [0, 0.1) is 0 Å². The van der Waals surface area contributed by atoms with Crippen LogP contribution in [0.3, 0.4) is 0 Å². The quantitative estimate of drug-likeness (QED) is 0.227. The number of benzene rings is 3. The molecule has 12 heteroatoms. The average molecular weight is 623 g/mol. The first-order valence-electron chi connectivity index (χ1n) is 14.2. The average Bonchev–Trinajstić information content (AvgIpc) is 3.47. The van der Waals surface area contributed by atoms with Gasteiger partial charge in [-0.1, -0.05) is 61.2 Å². The Bertz CT molecular complexity index is 1630. The van der Waals surface area contributed by atoms with Gasteiger partial charge in [-0.25, -0.2) is 14.5 Å². The van der Waals surface area contributed by atoms with Crippen molar-refractivity contribution in [1.29, 1.82) is 0 Å². The van der Waals surface area contributed by atoms with E-state index >= 15 is 0 Å². The number of thioether (sulfide) groups is 1. The molecule has 0 radical (unpaired) electrons. The summed E-state index contributed by atoms with van der Waals surface area (Å²) in [5.41, 5.74) is 3.71. The molecule has 0 aliphatic carbocycles. The van der Waals surface area contributed by atoms with Crippen molar-refractivity contribution in [2.75, 3.05) is 10.7 Å². The van der Waals surface area contributed by atoms with Crippen LogP contribution >= 0.6 is 11.8 Å². The number of halogens is 3. The van der Waals surface area contributed by atoms with Gasteiger partial charge in [-0.2, -0.15) is 4.99 Å². The van der Waals surface area contributed by atoms with Gasteiger partial charge in [0.2, 0.25) is 0 Å². The molecule has 1 saturated heterocycles. The van der Waals surface area contributed by atoms with E-state index in [1.807, 2.05) is 50.2 Å². The summed E-state index contributed by atoms with van der Waals surface area (Å²) in [6.45, 7) is 8.12. The molecule has 1 unspecified atom stereocenters. The number of aliphatic imine (C=N–C) groups is 1. The first-order valence-corrected chi connectivity index (χ1v) is 15.2. The van der Waals surface area contributed by atoms with Gasteiger partial charge in [0.15, 0.2) is 11.0 Å². The third-order valence-corrected chi connectivity index (χ3v) is 8.34. The van der Waals surface area contributed by atoms with Gasteiger partial charge in [-0.3, -0.25) is 0 Å². The third kappa shape index (κ3) is 7.24. The molecular formula is C32H33F3N6O2S. The molecule has 0 saturated carbocycles. The van der Waals surface area contributed by atoms with E-state index in [1.165, 1.54) is 40.8 Å². The highest BCUT2D eigenvalue weighted by molar-refractivity contribution is 8.14. The summed E-state index contributed by atoms with van der Waals surface area (Å²) in [6.07, 6.45) is -1.39. The number of rotatable bonds is 7. The maximum absolute atomic E-state index is 13.2. The number of para-hydroxylation sites is 1. The summed E-state index contributed by atoms with van der Waals surface area (Å²) in [7, 11) is 0. The van der Waals surface area contributed by atoms with Crippen LogP contribution in [0.25, 0.3) is 17.1 Å². The van der Waals surface area contributed by atoms with Gasteiger partial charge in [0.05, 0.1) is 11.2 Å². The van der Waals surface area contributed by atoms with Gasteiger partial charge in [0.1, 0.15) is 12.1 Å². The van der Waals surface area contributed by atoms with Crippen molar-refractivity contribution in [2.24, 2.45) is 4.99 Å². The number of nitrogens with zero attached hydrogens (tertiary/aromatic N) is 5. The molecule has 1 aliphatic heterocycles. The zero-order valence-electron chi connectivity index (χ0n) is 24.8. The van der Waals surface area contributed by atoms with E-state index in [2.05, 4.69) is 56.0 Å². The number of aryl methyl sites for hydroxylation is 1. The predicted molar refractivity (Wildman–Crippen MR) is 167 cm³/mol. The molecule has 5 rings (SSSR count). The van der Waals surface area contributed by atoms with E-state index in [4.69, 9.17) is 0 Å². The second kappa shape index (κ2) is 12.7. The molecule has 1 aliphatic rings. The number of ether oxygens (including phenoxy) is 1. The van der Waals surface area contributed by atoms with E-state index in [0.29, 0.717) is 16.7 Å². The normalized spacial score (nSPS) is 16.7. The Morgan fingerprint density at radius 3 is 2.45 bits per heavy atom. The number of hydrogen-bond acceptors (Lipinski definition) is 5. The van der Waals surface area contributed by atoms with Crippen molar-refractivity contribution in [1.82, 2.24) is 20.1 Å². The maximum Gasteiger partial charge on any atom is 0.573 e. The number of amides is 2. The minimum atomic E-state index is -4.76. The van der Waals surface area contributed by atoms with Crippen LogP contribution in [-0.4, -0.2) is 44.1 Å². The van der Waals surface area contributed by atoms with Gasteiger partial charge in [-0.05, 0) is 75.1 Å². The molecule has 4 aromatic rings. The van der Waals surface area contributed by atoms with Crippen LogP contribution in [0.4, 0.5) is 23.7 Å². The monoisotopic (exact) mass is 622 g/mol. The number of carbonyl (C=O) groups is 1. The van der Waals surface area contributed by atoms with Crippen LogP contribution in [0.5, 0.6) is 5.75 Å². The van der Waals surface area contributed by atoms with E-state index in [-0.39, 0.29) is 11.8 Å². The van der Waals surface area contributed by atoms with Crippen molar-refractivity contribution >= 4 is 28.6 Å². The lowest BCUT2D eigenvalue weighted by Gasteiger charge is -2.37. The van der Waals surface area contributed by atoms with Gasteiger partial charge in [-0.15, -0.1) is 18.3 Å². The Kier molecular flexibility index (Phi) is 9.00. The molecule has 2 amide bonds. The fourth-order valence-corrected chi connectivity index (χ4v) is 6.20. The van der Waals surface area contributed by atoms with Crippen LogP contribution in [0.15, 0.2) is 84.1 Å². The minimum absolute atomic E-state index is 0.218. The van der Waals surface area contributed by atoms with Crippen LogP contribution in [0.2, 0.25) is 0 Å². The van der Waals surface area contributed by atoms with Crippen LogP contribution < -0.4 is 15.0 Å². The Morgan fingerprint density at radius 2 is 1.77 bits per heavy atom. The number of anilines is 1. The van der Waals surface area contributed by atoms with Gasteiger partial charge in [0.25, 0.3) is 0 Å². The number of aromatic nitrogens is 3. The highest BCUT2D eigenvalue weighted by Gasteiger charge is 2.31. The fraction of sp³-hybridized carbons (Fsp3) is 0.312. The molecule has 230 valence electrons. The molecule has 8 nitrogen and oxygen atoms in total. The maximum atomic E-state index is 13.2. The SMILES string of the molecule is CCc1ccccc1N1/C(=N/C(=O)NC(C)(C)c2ccc(-c3ncn(-c4ccc(OC(F)(F)F)cc4)n3)cc2)SCCC1C. The Balaban J connectivity index is 1.28. The Morgan fingerprint density at radius 1 is 1.07 bits per heavy atom. The van der Waals surface area contributed by atoms with E-state index in [1.54, 1.807) is 11.8 Å². The van der Waals surface area contributed by atoms with Crippen molar-refractivity contribution < 1.29 is 22.7 Å². The van der Waals surface area contributed by atoms with E-state index < -0.39 is 17.9 Å². The summed E-state index contributed by atoms with van der Waals surface area (Å²) in [5.74, 6) is 1.02. The molecule has 1 fully saturated rings. The number of urea groups is 1. The summed E-state index contributed by atoms with van der Waals surface area (Å²) < 4.78 is 42.7. The largest absolute Gasteiger partial charge is 0.573 e. The Labute approximate surface area is 258 Å². The second-order valence-electron chi connectivity index (χ2n) is 10.9. The first-order chi connectivity index (χ1) is 20.9. The van der Waals surface area contributed by atoms with Crippen molar-refractivity contribution in [3.05, 3.63) is 90.3 Å². The standard InChI is InChI=1S/C32H33F3N6O2S/c1-5-22-8-6-7-9-27(22)41-21(2)18-19-44-30(41)37-29(42)38-31(3,4)24-12-10-23(11-13-24)28-36-20-40(39-28)25-14-16-26(17-15-25)43-32(33,34)35/h6-17,20-21H,5,18-19H2,1-4H3,(H,38,42)/b37-30-. The van der Waals surface area contributed by atoms with Gasteiger partial charge in [0, 0.05) is 23.0 Å². The lowest BCUT2D eigenvalue weighted by Crippen LogP contribution is -2.44. The summed E-state index contributed by atoms with van der Waals surface area (Å²) in [6, 6.07) is 20.9. The molecule has 2 heterocycles. The fourth-order valence-electron chi connectivity index (χ4n) is 4.99. The molecule has 1 atom stereocenters. The number of alkyl halides is 3. The highest BCUT2D eigenvalue weighted by Crippen LogP contribution is 2.32. The molecule has 3 aromatic carbocycles. The van der Waals surface area contributed by atoms with E-state index in [0.717, 1.165) is 35.4 Å². The topological polar surface area (TPSA) is 84.6 Å². The number of amidine groups is 1. The Hall–Kier alpha value is -4.32. The lowest BCUT2D eigenvalue weighted by atomic mass is 9.93. The number of carbonyl (C=O) groups excluding carboxylic acids is 1. The summed E-state index contributed by atoms with van der Waals surface area (Å²) in [5, 5.41) is 8.21. The third-order valence-electron chi connectivity index (χ3n) is 7.35. The van der Waals surface area contributed by atoms with Gasteiger partial charge < -0.3 is 15.0 Å². The molecular weight excluding hydrogens is 589 g/mol. The molecule has 1 aromatic heterocycles. The molecule has 0 bridgehead atoms. The minimum Gasteiger partial charge on any atom is -0.406 e. The summed E-state index contributed by atoms with van der Waals surface area (Å²) >= 11 is 1.59. The zero-order chi connectivity index (χ0) is 31.5. The van der Waals surface area contributed by atoms with Crippen molar-refractivity contribution in [2.45, 2.75) is 58.5 Å². The van der Waals surface area contributed by atoms with Crippen LogP contribution in [-0.2, 0) is 12.0 Å². The highest BCUT2D eigenvalue weighted by atomic mass is 32.2. The summed E-state index contributed by atoms with van der Waals surface area (Å²) in [4.78, 5) is 24.3. The lowest BCUT2D eigenvalue weighted by molar-refractivity contribution is -0.274. The smallest absolute Gasteiger partial charge is 0.406 e. The van der Waals surface area contributed by atoms with Gasteiger partial charge >= 0.3 is 12.4 Å². The van der Waals surface area contributed by atoms with Crippen molar-refractivity contribution in [3.8, 4) is 22.8 Å². The molecule has 1 N–H and O–H groups in total. The molecule has 44 heavy (non-hydrogen) atoms. The van der Waals surface area contributed by atoms with E-state index in [9.17, 15) is 18.0 Å². The first kappa shape index (κ1) is 31.1. The zero-order valence-corrected chi connectivity index (χ0v) is 25.6. The number of nitrogens with one attached hydrogen (secondary N) is 1. The van der Waals surface area contributed by atoms with Crippen molar-refractivity contribution in [3.63, 3.8) is 0 Å².